The van der Waals surface area contributed by atoms with Gasteiger partial charge in [0.05, 0.1) is 11.1 Å². The number of aryl methyl sites for hydroxylation is 1. The summed E-state index contributed by atoms with van der Waals surface area (Å²) in [5, 5.41) is 4.14. The molecule has 102 valence electrons. The average Bonchev–Trinajstić information content (AvgIpc) is 2.85. The van der Waals surface area contributed by atoms with Crippen molar-refractivity contribution < 1.29 is 4.42 Å². The van der Waals surface area contributed by atoms with Crippen LogP contribution in [0.3, 0.4) is 0 Å². The third kappa shape index (κ3) is 3.20. The van der Waals surface area contributed by atoms with E-state index < -0.39 is 0 Å². The molecule has 0 aliphatic heterocycles. The van der Waals surface area contributed by atoms with Crippen molar-refractivity contribution in [1.82, 2.24) is 5.32 Å². The zero-order valence-electron chi connectivity index (χ0n) is 11.7. The number of hydrogen-bond acceptors (Lipinski definition) is 2. The number of nitrogens with one attached hydrogen (secondary N) is 1. The number of rotatable bonds is 5. The standard InChI is InChI=1S/C16H20ClNO/c1-4-14(18-5-2)16-9-8-15(19-16)12-7-6-11(3)10-13(12)17/h6-10,14,18H,4-5H2,1-3H3. The van der Waals surface area contributed by atoms with Crippen LogP contribution >= 0.6 is 11.6 Å². The maximum absolute atomic E-state index is 6.27. The highest BCUT2D eigenvalue weighted by molar-refractivity contribution is 6.33. The molecule has 0 fully saturated rings. The summed E-state index contributed by atoms with van der Waals surface area (Å²) in [5.74, 6) is 1.80. The van der Waals surface area contributed by atoms with Crippen LogP contribution in [0.2, 0.25) is 5.02 Å². The van der Waals surface area contributed by atoms with E-state index >= 15 is 0 Å². The smallest absolute Gasteiger partial charge is 0.135 e. The maximum atomic E-state index is 6.27. The predicted molar refractivity (Wildman–Crippen MR) is 80.6 cm³/mol. The summed E-state index contributed by atoms with van der Waals surface area (Å²) in [7, 11) is 0. The lowest BCUT2D eigenvalue weighted by atomic mass is 10.1. The first-order valence-electron chi connectivity index (χ1n) is 6.75. The summed E-state index contributed by atoms with van der Waals surface area (Å²) in [6.45, 7) is 7.21. The predicted octanol–water partition coefficient (Wildman–Crippen LogP) is 4.97. The van der Waals surface area contributed by atoms with Crippen molar-refractivity contribution in [3.63, 3.8) is 0 Å². The van der Waals surface area contributed by atoms with Gasteiger partial charge in [0, 0.05) is 5.56 Å². The minimum atomic E-state index is 0.267. The second-order valence-corrected chi connectivity index (χ2v) is 5.11. The van der Waals surface area contributed by atoms with Crippen molar-refractivity contribution in [2.75, 3.05) is 6.54 Å². The highest BCUT2D eigenvalue weighted by Gasteiger charge is 2.14. The molecule has 1 aromatic carbocycles. The minimum Gasteiger partial charge on any atom is -0.459 e. The van der Waals surface area contributed by atoms with Gasteiger partial charge in [0.1, 0.15) is 11.5 Å². The zero-order chi connectivity index (χ0) is 13.8. The fraction of sp³-hybridized carbons (Fsp3) is 0.375. The van der Waals surface area contributed by atoms with Crippen LogP contribution in [-0.4, -0.2) is 6.54 Å². The van der Waals surface area contributed by atoms with Crippen LogP contribution in [0.1, 0.15) is 37.6 Å². The lowest BCUT2D eigenvalue weighted by Gasteiger charge is -2.12. The summed E-state index contributed by atoms with van der Waals surface area (Å²) in [5.41, 5.74) is 2.10. The van der Waals surface area contributed by atoms with E-state index in [1.807, 2.05) is 37.3 Å². The number of benzene rings is 1. The van der Waals surface area contributed by atoms with E-state index in [0.717, 1.165) is 40.6 Å². The Hall–Kier alpha value is -1.25. The van der Waals surface area contributed by atoms with Gasteiger partial charge in [0.25, 0.3) is 0 Å². The second kappa shape index (κ2) is 6.27. The highest BCUT2D eigenvalue weighted by atomic mass is 35.5. The molecule has 2 rings (SSSR count). The first-order chi connectivity index (χ1) is 9.15. The Morgan fingerprint density at radius 1 is 1.21 bits per heavy atom. The number of hydrogen-bond donors (Lipinski definition) is 1. The zero-order valence-corrected chi connectivity index (χ0v) is 12.4. The molecule has 0 amide bonds. The van der Waals surface area contributed by atoms with Gasteiger partial charge in [-0.05, 0) is 49.7 Å². The van der Waals surface area contributed by atoms with Crippen molar-refractivity contribution in [2.45, 2.75) is 33.2 Å². The summed E-state index contributed by atoms with van der Waals surface area (Å²) in [4.78, 5) is 0. The third-order valence-corrected chi connectivity index (χ3v) is 3.53. The van der Waals surface area contributed by atoms with Crippen LogP contribution in [-0.2, 0) is 0 Å². The maximum Gasteiger partial charge on any atom is 0.135 e. The van der Waals surface area contributed by atoms with Gasteiger partial charge in [-0.3, -0.25) is 0 Å². The van der Waals surface area contributed by atoms with Crippen LogP contribution in [0.4, 0.5) is 0 Å². The van der Waals surface area contributed by atoms with E-state index in [1.54, 1.807) is 0 Å². The Balaban J connectivity index is 2.29. The molecule has 1 heterocycles. The van der Waals surface area contributed by atoms with E-state index in [-0.39, 0.29) is 6.04 Å². The molecule has 1 unspecified atom stereocenters. The molecule has 1 aromatic heterocycles. The minimum absolute atomic E-state index is 0.267. The quantitative estimate of drug-likeness (QED) is 0.835. The van der Waals surface area contributed by atoms with Crippen molar-refractivity contribution in [3.8, 4) is 11.3 Å². The largest absolute Gasteiger partial charge is 0.459 e. The number of halogens is 1. The normalized spacial score (nSPS) is 12.6. The topological polar surface area (TPSA) is 25.2 Å². The van der Waals surface area contributed by atoms with E-state index in [9.17, 15) is 0 Å². The van der Waals surface area contributed by atoms with Crippen LogP contribution < -0.4 is 5.32 Å². The fourth-order valence-corrected chi connectivity index (χ4v) is 2.53. The first-order valence-corrected chi connectivity index (χ1v) is 7.13. The second-order valence-electron chi connectivity index (χ2n) is 4.70. The van der Waals surface area contributed by atoms with Gasteiger partial charge in [-0.15, -0.1) is 0 Å². The molecular formula is C16H20ClNO. The average molecular weight is 278 g/mol. The monoisotopic (exact) mass is 277 g/mol. The molecule has 1 N–H and O–H groups in total. The van der Waals surface area contributed by atoms with Crippen molar-refractivity contribution in [2.24, 2.45) is 0 Å². The molecule has 19 heavy (non-hydrogen) atoms. The fourth-order valence-electron chi connectivity index (χ4n) is 2.20. The third-order valence-electron chi connectivity index (χ3n) is 3.22. The SMILES string of the molecule is CCNC(CC)c1ccc(-c2ccc(C)cc2Cl)o1. The van der Waals surface area contributed by atoms with Crippen molar-refractivity contribution in [1.29, 1.82) is 0 Å². The van der Waals surface area contributed by atoms with Crippen LogP contribution in [0.15, 0.2) is 34.7 Å². The number of furan rings is 1. The molecular weight excluding hydrogens is 258 g/mol. The molecule has 0 bridgehead atoms. The van der Waals surface area contributed by atoms with Crippen LogP contribution in [0, 0.1) is 6.92 Å². The summed E-state index contributed by atoms with van der Waals surface area (Å²) >= 11 is 6.27. The Kier molecular flexibility index (Phi) is 4.67. The Morgan fingerprint density at radius 3 is 2.63 bits per heavy atom. The molecule has 0 spiro atoms. The van der Waals surface area contributed by atoms with Gasteiger partial charge in [-0.25, -0.2) is 0 Å². The summed E-state index contributed by atoms with van der Waals surface area (Å²) in [6.07, 6.45) is 1.00. The Morgan fingerprint density at radius 2 is 2.00 bits per heavy atom. The van der Waals surface area contributed by atoms with Crippen molar-refractivity contribution >= 4 is 11.6 Å². The summed E-state index contributed by atoms with van der Waals surface area (Å²) in [6, 6.07) is 10.3. The lowest BCUT2D eigenvalue weighted by molar-refractivity contribution is 0.417. The molecule has 3 heteroatoms. The van der Waals surface area contributed by atoms with E-state index in [4.69, 9.17) is 16.0 Å². The van der Waals surface area contributed by atoms with Gasteiger partial charge in [-0.1, -0.05) is 31.5 Å². The molecule has 0 saturated heterocycles. The van der Waals surface area contributed by atoms with Crippen molar-refractivity contribution in [3.05, 3.63) is 46.7 Å². The molecule has 1 atom stereocenters. The molecule has 0 aliphatic rings. The Labute approximate surface area is 119 Å². The summed E-state index contributed by atoms with van der Waals surface area (Å²) < 4.78 is 5.95. The molecule has 0 saturated carbocycles. The van der Waals surface area contributed by atoms with E-state index in [1.165, 1.54) is 0 Å². The molecule has 2 nitrogen and oxygen atoms in total. The van der Waals surface area contributed by atoms with Gasteiger partial charge in [0.15, 0.2) is 0 Å². The van der Waals surface area contributed by atoms with Crippen LogP contribution in [0.5, 0.6) is 0 Å². The van der Waals surface area contributed by atoms with E-state index in [2.05, 4.69) is 19.2 Å². The molecule has 0 aliphatic carbocycles. The van der Waals surface area contributed by atoms with Crippen LogP contribution in [0.25, 0.3) is 11.3 Å². The first kappa shape index (κ1) is 14.2. The Bertz CT molecular complexity index is 547. The van der Waals surface area contributed by atoms with Gasteiger partial charge < -0.3 is 9.73 Å². The molecule has 2 aromatic rings. The highest BCUT2D eigenvalue weighted by Crippen LogP contribution is 2.32. The lowest BCUT2D eigenvalue weighted by Crippen LogP contribution is -2.19. The van der Waals surface area contributed by atoms with Gasteiger partial charge >= 0.3 is 0 Å². The van der Waals surface area contributed by atoms with Gasteiger partial charge in [0.2, 0.25) is 0 Å². The van der Waals surface area contributed by atoms with Gasteiger partial charge in [-0.2, -0.15) is 0 Å². The van der Waals surface area contributed by atoms with E-state index in [0.29, 0.717) is 0 Å². The molecule has 0 radical (unpaired) electrons.